The Morgan fingerprint density at radius 1 is 1.15 bits per heavy atom. The third-order valence-electron chi connectivity index (χ3n) is 4.77. The van der Waals surface area contributed by atoms with Crippen molar-refractivity contribution in [2.45, 2.75) is 57.9 Å². The molecule has 2 amide bonds. The number of aliphatic carboxylic acids is 1. The fourth-order valence-corrected chi connectivity index (χ4v) is 3.40. The number of rotatable bonds is 3. The van der Waals surface area contributed by atoms with Gasteiger partial charge in [-0.25, -0.2) is 4.79 Å². The molecule has 0 aromatic rings. The highest BCUT2D eigenvalue weighted by Gasteiger charge is 2.29. The molecule has 1 saturated heterocycles. The molecule has 2 fully saturated rings. The van der Waals surface area contributed by atoms with Crippen LogP contribution >= 0.6 is 0 Å². The molecule has 114 valence electrons. The predicted octanol–water partition coefficient (Wildman–Crippen LogP) is 2.46. The lowest BCUT2D eigenvalue weighted by Crippen LogP contribution is -2.50. The van der Waals surface area contributed by atoms with Crippen LogP contribution in [-0.4, -0.2) is 41.1 Å². The van der Waals surface area contributed by atoms with Crippen LogP contribution in [0.25, 0.3) is 0 Å². The molecule has 2 aliphatic rings. The van der Waals surface area contributed by atoms with Crippen LogP contribution in [0, 0.1) is 11.8 Å². The fraction of sp³-hybridized carbons (Fsp3) is 0.867. The van der Waals surface area contributed by atoms with Gasteiger partial charge >= 0.3 is 12.0 Å². The molecule has 0 aromatic heterocycles. The summed E-state index contributed by atoms with van der Waals surface area (Å²) < 4.78 is 0. The second kappa shape index (κ2) is 6.95. The van der Waals surface area contributed by atoms with Gasteiger partial charge < -0.3 is 15.3 Å². The Hall–Kier alpha value is -1.26. The quantitative estimate of drug-likeness (QED) is 0.835. The number of likely N-dealkylation sites (tertiary alicyclic amines) is 1. The van der Waals surface area contributed by atoms with Crippen LogP contribution in [0.3, 0.4) is 0 Å². The normalized spacial score (nSPS) is 26.1. The summed E-state index contributed by atoms with van der Waals surface area (Å²) in [6.07, 6.45) is 7.67. The Kier molecular flexibility index (Phi) is 5.26. The molecule has 0 bridgehead atoms. The smallest absolute Gasteiger partial charge is 0.317 e. The maximum absolute atomic E-state index is 12.2. The van der Waals surface area contributed by atoms with Crippen LogP contribution in [0.5, 0.6) is 0 Å². The third kappa shape index (κ3) is 3.87. The van der Waals surface area contributed by atoms with Gasteiger partial charge in [-0.3, -0.25) is 4.79 Å². The number of piperidine rings is 1. The highest BCUT2D eigenvalue weighted by molar-refractivity contribution is 5.76. The van der Waals surface area contributed by atoms with E-state index in [1.54, 1.807) is 4.90 Å². The van der Waals surface area contributed by atoms with Crippen molar-refractivity contribution >= 4 is 12.0 Å². The van der Waals surface area contributed by atoms with E-state index in [-0.39, 0.29) is 12.1 Å². The molecule has 1 heterocycles. The minimum absolute atomic E-state index is 0.0889. The predicted molar refractivity (Wildman–Crippen MR) is 76.5 cm³/mol. The summed E-state index contributed by atoms with van der Waals surface area (Å²) in [6, 6.07) is 0.0991. The number of hydrogen-bond donors (Lipinski definition) is 2. The molecule has 5 heteroatoms. The number of carboxylic acids is 1. The summed E-state index contributed by atoms with van der Waals surface area (Å²) >= 11 is 0. The van der Waals surface area contributed by atoms with Gasteiger partial charge in [-0.1, -0.05) is 19.3 Å². The highest BCUT2D eigenvalue weighted by atomic mass is 16.4. The highest BCUT2D eigenvalue weighted by Crippen LogP contribution is 2.26. The largest absolute Gasteiger partial charge is 0.481 e. The first kappa shape index (κ1) is 15.1. The average Bonchev–Trinajstić information content (AvgIpc) is 2.48. The first-order valence-electron chi connectivity index (χ1n) is 7.86. The molecule has 5 nitrogen and oxygen atoms in total. The molecular weight excluding hydrogens is 256 g/mol. The van der Waals surface area contributed by atoms with Crippen molar-refractivity contribution < 1.29 is 14.7 Å². The minimum Gasteiger partial charge on any atom is -0.481 e. The van der Waals surface area contributed by atoms with Gasteiger partial charge in [0.15, 0.2) is 0 Å². The van der Waals surface area contributed by atoms with Crippen molar-refractivity contribution in [3.8, 4) is 0 Å². The van der Waals surface area contributed by atoms with E-state index >= 15 is 0 Å². The summed E-state index contributed by atoms with van der Waals surface area (Å²) in [5, 5.41) is 12.1. The Balaban J connectivity index is 1.82. The van der Waals surface area contributed by atoms with Crippen molar-refractivity contribution in [2.24, 2.45) is 11.8 Å². The molecule has 0 aromatic carbocycles. The third-order valence-corrected chi connectivity index (χ3v) is 4.77. The number of urea groups is 1. The van der Waals surface area contributed by atoms with Gasteiger partial charge in [-0.2, -0.15) is 0 Å². The number of nitrogens with zero attached hydrogens (tertiary/aromatic N) is 1. The Labute approximate surface area is 120 Å². The Bertz CT molecular complexity index is 353. The first-order valence-corrected chi connectivity index (χ1v) is 7.86. The lowest BCUT2D eigenvalue weighted by atomic mass is 9.84. The molecular formula is C15H26N2O3. The SMILES string of the molecule is CC(NC(=O)N1CCC[C@@H](C(=O)O)C1)C1CCCCC1. The molecule has 2 N–H and O–H groups in total. The topological polar surface area (TPSA) is 69.6 Å². The number of amides is 2. The zero-order valence-electron chi connectivity index (χ0n) is 12.3. The van der Waals surface area contributed by atoms with E-state index in [9.17, 15) is 9.59 Å². The van der Waals surface area contributed by atoms with E-state index in [1.165, 1.54) is 32.1 Å². The van der Waals surface area contributed by atoms with Crippen molar-refractivity contribution in [1.29, 1.82) is 0 Å². The van der Waals surface area contributed by atoms with Crippen LogP contribution < -0.4 is 5.32 Å². The number of hydrogen-bond acceptors (Lipinski definition) is 2. The van der Waals surface area contributed by atoms with Gasteiger partial charge in [0.05, 0.1) is 5.92 Å². The fourth-order valence-electron chi connectivity index (χ4n) is 3.40. The first-order chi connectivity index (χ1) is 9.58. The van der Waals surface area contributed by atoms with E-state index in [4.69, 9.17) is 5.11 Å². The zero-order valence-corrected chi connectivity index (χ0v) is 12.3. The maximum Gasteiger partial charge on any atom is 0.317 e. The van der Waals surface area contributed by atoms with Crippen LogP contribution in [0.2, 0.25) is 0 Å². The maximum atomic E-state index is 12.2. The number of nitrogens with one attached hydrogen (secondary N) is 1. The second-order valence-electron chi connectivity index (χ2n) is 6.26. The van der Waals surface area contributed by atoms with Crippen LogP contribution in [0.1, 0.15) is 51.9 Å². The van der Waals surface area contributed by atoms with Crippen LogP contribution in [0.15, 0.2) is 0 Å². The molecule has 20 heavy (non-hydrogen) atoms. The van der Waals surface area contributed by atoms with E-state index in [1.807, 2.05) is 0 Å². The molecule has 1 saturated carbocycles. The summed E-state index contributed by atoms with van der Waals surface area (Å²) in [4.78, 5) is 24.9. The van der Waals surface area contributed by atoms with E-state index in [0.717, 1.165) is 6.42 Å². The van der Waals surface area contributed by atoms with Gasteiger partial charge in [-0.05, 0) is 38.5 Å². The van der Waals surface area contributed by atoms with E-state index in [2.05, 4.69) is 12.2 Å². The summed E-state index contributed by atoms with van der Waals surface area (Å²) in [6.45, 7) is 3.10. The lowest BCUT2D eigenvalue weighted by molar-refractivity contribution is -0.143. The van der Waals surface area contributed by atoms with Crippen molar-refractivity contribution in [3.05, 3.63) is 0 Å². The Morgan fingerprint density at radius 2 is 1.85 bits per heavy atom. The van der Waals surface area contributed by atoms with Gasteiger partial charge in [0, 0.05) is 19.1 Å². The molecule has 1 aliphatic heterocycles. The van der Waals surface area contributed by atoms with E-state index < -0.39 is 11.9 Å². The van der Waals surface area contributed by atoms with Gasteiger partial charge in [0.1, 0.15) is 0 Å². The number of carbonyl (C=O) groups is 2. The lowest BCUT2D eigenvalue weighted by Gasteiger charge is -2.34. The van der Waals surface area contributed by atoms with E-state index in [0.29, 0.717) is 25.4 Å². The number of carboxylic acid groups (broad SMARTS) is 1. The van der Waals surface area contributed by atoms with Crippen LogP contribution in [0.4, 0.5) is 4.79 Å². The zero-order chi connectivity index (χ0) is 14.5. The van der Waals surface area contributed by atoms with Crippen molar-refractivity contribution in [1.82, 2.24) is 10.2 Å². The molecule has 0 spiro atoms. The summed E-state index contributed by atoms with van der Waals surface area (Å²) in [5.74, 6) is -0.616. The van der Waals surface area contributed by atoms with Gasteiger partial charge in [0.25, 0.3) is 0 Å². The van der Waals surface area contributed by atoms with Crippen molar-refractivity contribution in [3.63, 3.8) is 0 Å². The van der Waals surface area contributed by atoms with Gasteiger partial charge in [0.2, 0.25) is 0 Å². The monoisotopic (exact) mass is 282 g/mol. The molecule has 2 atom stereocenters. The minimum atomic E-state index is -0.789. The summed E-state index contributed by atoms with van der Waals surface area (Å²) in [7, 11) is 0. The average molecular weight is 282 g/mol. The van der Waals surface area contributed by atoms with Gasteiger partial charge in [-0.15, -0.1) is 0 Å². The Morgan fingerprint density at radius 3 is 2.50 bits per heavy atom. The molecule has 0 radical (unpaired) electrons. The number of carbonyl (C=O) groups excluding carboxylic acids is 1. The molecule has 1 unspecified atom stereocenters. The molecule has 1 aliphatic carbocycles. The van der Waals surface area contributed by atoms with Crippen LogP contribution in [-0.2, 0) is 4.79 Å². The van der Waals surface area contributed by atoms with Crippen molar-refractivity contribution in [2.75, 3.05) is 13.1 Å². The second-order valence-corrected chi connectivity index (χ2v) is 6.26. The molecule has 2 rings (SSSR count). The summed E-state index contributed by atoms with van der Waals surface area (Å²) in [5.41, 5.74) is 0. The standard InChI is InChI=1S/C15H26N2O3/c1-11(12-6-3-2-4-7-12)16-15(20)17-9-5-8-13(10-17)14(18)19/h11-13H,2-10H2,1H3,(H,16,20)(H,18,19)/t11?,13-/m1/s1.